The molecule has 5 rings (SSSR count). The molecule has 0 spiro atoms. The molecule has 0 saturated heterocycles. The van der Waals surface area contributed by atoms with Crippen LogP contribution in [-0.4, -0.2) is 9.55 Å². The van der Waals surface area contributed by atoms with Gasteiger partial charge in [-0.25, -0.2) is 4.39 Å². The fourth-order valence-electron chi connectivity index (χ4n) is 3.41. The van der Waals surface area contributed by atoms with Crippen LogP contribution >= 0.6 is 0 Å². The molecular formula is C20H13FN2. The van der Waals surface area contributed by atoms with E-state index in [1.807, 2.05) is 36.4 Å². The van der Waals surface area contributed by atoms with Crippen molar-refractivity contribution in [1.29, 1.82) is 0 Å². The third-order valence-electron chi connectivity index (χ3n) is 4.40. The topological polar surface area (TPSA) is 20.7 Å². The van der Waals surface area contributed by atoms with Gasteiger partial charge in [-0.1, -0.05) is 36.4 Å². The molecule has 2 aromatic heterocycles. The van der Waals surface area contributed by atoms with Gasteiger partial charge in [0.25, 0.3) is 0 Å². The summed E-state index contributed by atoms with van der Waals surface area (Å²) in [4.78, 5) is 3.53. The Morgan fingerprint density at radius 2 is 1.43 bits per heavy atom. The van der Waals surface area contributed by atoms with E-state index in [0.29, 0.717) is 0 Å². The van der Waals surface area contributed by atoms with Crippen molar-refractivity contribution in [3.63, 3.8) is 0 Å². The van der Waals surface area contributed by atoms with Gasteiger partial charge in [-0.15, -0.1) is 0 Å². The van der Waals surface area contributed by atoms with Crippen molar-refractivity contribution in [3.05, 3.63) is 78.6 Å². The summed E-state index contributed by atoms with van der Waals surface area (Å²) in [7, 11) is 0. The SMILES string of the molecule is Fc1ccc(-n2c3ccccc3c3[nH]c4ccccc4c32)cc1. The van der Waals surface area contributed by atoms with E-state index < -0.39 is 0 Å². The molecule has 0 bridgehead atoms. The van der Waals surface area contributed by atoms with Crippen LogP contribution in [0, 0.1) is 5.82 Å². The zero-order chi connectivity index (χ0) is 15.4. The summed E-state index contributed by atoms with van der Waals surface area (Å²) in [5.74, 6) is -0.222. The molecule has 2 nitrogen and oxygen atoms in total. The van der Waals surface area contributed by atoms with E-state index in [0.717, 1.165) is 27.8 Å². The first-order chi connectivity index (χ1) is 11.3. The van der Waals surface area contributed by atoms with Gasteiger partial charge >= 0.3 is 0 Å². The smallest absolute Gasteiger partial charge is 0.123 e. The molecule has 0 aliphatic heterocycles. The Morgan fingerprint density at radius 1 is 0.739 bits per heavy atom. The summed E-state index contributed by atoms with van der Waals surface area (Å²) in [6.45, 7) is 0. The molecule has 0 saturated carbocycles. The van der Waals surface area contributed by atoms with Crippen LogP contribution in [0.5, 0.6) is 0 Å². The average Bonchev–Trinajstić information content (AvgIpc) is 3.11. The Kier molecular flexibility index (Phi) is 2.42. The maximum absolute atomic E-state index is 13.3. The van der Waals surface area contributed by atoms with Crippen molar-refractivity contribution < 1.29 is 4.39 Å². The first kappa shape index (κ1) is 12.5. The lowest BCUT2D eigenvalue weighted by atomic mass is 10.2. The molecule has 0 fully saturated rings. The number of fused-ring (bicyclic) bond motifs is 5. The monoisotopic (exact) mass is 300 g/mol. The highest BCUT2D eigenvalue weighted by atomic mass is 19.1. The van der Waals surface area contributed by atoms with Gasteiger partial charge in [-0.05, 0) is 36.4 Å². The lowest BCUT2D eigenvalue weighted by Gasteiger charge is -2.07. The van der Waals surface area contributed by atoms with Gasteiger partial charge in [-0.3, -0.25) is 0 Å². The minimum absolute atomic E-state index is 0.222. The second-order valence-electron chi connectivity index (χ2n) is 5.72. The second-order valence-corrected chi connectivity index (χ2v) is 5.72. The molecular weight excluding hydrogens is 287 g/mol. The highest BCUT2D eigenvalue weighted by Gasteiger charge is 2.16. The summed E-state index contributed by atoms with van der Waals surface area (Å²) in [5, 5.41) is 2.34. The largest absolute Gasteiger partial charge is 0.353 e. The Morgan fingerprint density at radius 3 is 2.26 bits per heavy atom. The number of rotatable bonds is 1. The first-order valence-electron chi connectivity index (χ1n) is 7.59. The van der Waals surface area contributed by atoms with E-state index in [4.69, 9.17) is 0 Å². The zero-order valence-electron chi connectivity index (χ0n) is 12.3. The van der Waals surface area contributed by atoms with Crippen molar-refractivity contribution in [1.82, 2.24) is 9.55 Å². The number of para-hydroxylation sites is 2. The predicted octanol–water partition coefficient (Wildman–Crippen LogP) is 5.40. The fourth-order valence-corrected chi connectivity index (χ4v) is 3.41. The van der Waals surface area contributed by atoms with Gasteiger partial charge in [0, 0.05) is 22.0 Å². The molecule has 0 aliphatic carbocycles. The lowest BCUT2D eigenvalue weighted by molar-refractivity contribution is 0.627. The van der Waals surface area contributed by atoms with Crippen molar-refractivity contribution in [2.45, 2.75) is 0 Å². The Bertz CT molecular complexity index is 1160. The lowest BCUT2D eigenvalue weighted by Crippen LogP contribution is -1.93. The van der Waals surface area contributed by atoms with E-state index >= 15 is 0 Å². The minimum atomic E-state index is -0.222. The van der Waals surface area contributed by atoms with E-state index in [1.165, 1.54) is 22.9 Å². The third-order valence-corrected chi connectivity index (χ3v) is 4.40. The van der Waals surface area contributed by atoms with Gasteiger partial charge in [0.15, 0.2) is 0 Å². The highest BCUT2D eigenvalue weighted by Crippen LogP contribution is 2.36. The number of hydrogen-bond acceptors (Lipinski definition) is 0. The molecule has 0 atom stereocenters. The van der Waals surface area contributed by atoms with Crippen LogP contribution in [0.1, 0.15) is 0 Å². The van der Waals surface area contributed by atoms with E-state index in [1.54, 1.807) is 0 Å². The standard InChI is InChI=1S/C20H13FN2/c21-13-9-11-14(12-10-13)23-18-8-4-2-6-16(18)19-20(23)15-5-1-3-7-17(15)22-19/h1-12,22H. The molecule has 0 amide bonds. The summed E-state index contributed by atoms with van der Waals surface area (Å²) in [5.41, 5.74) is 5.44. The second kappa shape index (κ2) is 4.46. The van der Waals surface area contributed by atoms with Crippen molar-refractivity contribution in [2.75, 3.05) is 0 Å². The number of aromatic nitrogens is 2. The fraction of sp³-hybridized carbons (Fsp3) is 0. The Hall–Kier alpha value is -3.07. The normalized spacial score (nSPS) is 11.7. The average molecular weight is 300 g/mol. The van der Waals surface area contributed by atoms with Crippen LogP contribution < -0.4 is 0 Å². The van der Waals surface area contributed by atoms with Crippen LogP contribution in [-0.2, 0) is 0 Å². The Balaban J connectivity index is 2.03. The van der Waals surface area contributed by atoms with Gasteiger partial charge in [0.2, 0.25) is 0 Å². The number of benzene rings is 3. The Labute approximate surface area is 131 Å². The summed E-state index contributed by atoms with van der Waals surface area (Å²) < 4.78 is 15.5. The number of hydrogen-bond donors (Lipinski definition) is 1. The van der Waals surface area contributed by atoms with Gasteiger partial charge < -0.3 is 9.55 Å². The zero-order valence-corrected chi connectivity index (χ0v) is 12.3. The van der Waals surface area contributed by atoms with Crippen molar-refractivity contribution in [3.8, 4) is 5.69 Å². The molecule has 23 heavy (non-hydrogen) atoms. The minimum Gasteiger partial charge on any atom is -0.353 e. The van der Waals surface area contributed by atoms with Crippen LogP contribution in [0.3, 0.4) is 0 Å². The number of nitrogens with zero attached hydrogens (tertiary/aromatic N) is 1. The number of aromatic amines is 1. The number of halogens is 1. The number of H-pyrrole nitrogens is 1. The van der Waals surface area contributed by atoms with Crippen molar-refractivity contribution >= 4 is 32.8 Å². The van der Waals surface area contributed by atoms with Crippen molar-refractivity contribution in [2.24, 2.45) is 0 Å². The molecule has 3 heteroatoms. The van der Waals surface area contributed by atoms with Crippen LogP contribution in [0.4, 0.5) is 4.39 Å². The predicted molar refractivity (Wildman–Crippen MR) is 92.6 cm³/mol. The molecule has 3 aromatic carbocycles. The van der Waals surface area contributed by atoms with E-state index in [9.17, 15) is 4.39 Å². The molecule has 1 N–H and O–H groups in total. The molecule has 0 aliphatic rings. The third kappa shape index (κ3) is 1.67. The van der Waals surface area contributed by atoms with Crippen LogP contribution in [0.2, 0.25) is 0 Å². The highest BCUT2D eigenvalue weighted by molar-refractivity contribution is 6.18. The van der Waals surface area contributed by atoms with E-state index in [2.05, 4.69) is 33.8 Å². The van der Waals surface area contributed by atoms with Crippen LogP contribution in [0.15, 0.2) is 72.8 Å². The summed E-state index contributed by atoms with van der Waals surface area (Å²) in [6.07, 6.45) is 0. The molecule has 5 aromatic rings. The maximum Gasteiger partial charge on any atom is 0.123 e. The van der Waals surface area contributed by atoms with Gasteiger partial charge in [-0.2, -0.15) is 0 Å². The molecule has 0 radical (unpaired) electrons. The van der Waals surface area contributed by atoms with Gasteiger partial charge in [0.1, 0.15) is 5.82 Å². The summed E-state index contributed by atoms with van der Waals surface area (Å²) >= 11 is 0. The van der Waals surface area contributed by atoms with Gasteiger partial charge in [0.05, 0.1) is 16.6 Å². The molecule has 110 valence electrons. The first-order valence-corrected chi connectivity index (χ1v) is 7.59. The quantitative estimate of drug-likeness (QED) is 0.427. The summed E-state index contributed by atoms with van der Waals surface area (Å²) in [6, 6.07) is 23.2. The molecule has 0 unspecified atom stereocenters. The maximum atomic E-state index is 13.3. The number of nitrogens with one attached hydrogen (secondary N) is 1. The molecule has 2 heterocycles. The van der Waals surface area contributed by atoms with Crippen LogP contribution in [0.25, 0.3) is 38.5 Å². The van der Waals surface area contributed by atoms with E-state index in [-0.39, 0.29) is 5.82 Å².